The van der Waals surface area contributed by atoms with Crippen molar-refractivity contribution in [3.05, 3.63) is 0 Å². The van der Waals surface area contributed by atoms with Gasteiger partial charge < -0.3 is 10.6 Å². The largest absolute Gasteiger partial charge is 0.387 e. The van der Waals surface area contributed by atoms with Gasteiger partial charge in [-0.2, -0.15) is 0 Å². The highest BCUT2D eigenvalue weighted by atomic mass is 15.3. The Kier molecular flexibility index (Phi) is 5.01. The average Bonchev–Trinajstić information content (AvgIpc) is 2.16. The summed E-state index contributed by atoms with van der Waals surface area (Å²) >= 11 is 0. The van der Waals surface area contributed by atoms with Crippen LogP contribution in [0.1, 0.15) is 0 Å². The molecule has 0 aromatic rings. The van der Waals surface area contributed by atoms with Gasteiger partial charge in [0.1, 0.15) is 5.84 Å². The fraction of sp³-hybridized carbons (Fsp3) is 0.900. The summed E-state index contributed by atoms with van der Waals surface area (Å²) < 4.78 is 0. The Labute approximate surface area is 92.3 Å². The van der Waals surface area contributed by atoms with E-state index in [1.54, 1.807) is 0 Å². The molecule has 1 aliphatic heterocycles. The molecule has 1 rings (SSSR count). The van der Waals surface area contributed by atoms with Crippen LogP contribution in [0, 0.1) is 5.41 Å². The van der Waals surface area contributed by atoms with Gasteiger partial charge in [-0.25, -0.2) is 0 Å². The van der Waals surface area contributed by atoms with Crippen LogP contribution >= 0.6 is 0 Å². The summed E-state index contributed by atoms with van der Waals surface area (Å²) in [6.45, 7) is 7.15. The second-order valence-corrected chi connectivity index (χ2v) is 4.45. The quantitative estimate of drug-likeness (QED) is 0.459. The second-order valence-electron chi connectivity index (χ2n) is 4.45. The molecule has 0 aromatic heterocycles. The highest BCUT2D eigenvalue weighted by Gasteiger charge is 2.16. The average molecular weight is 213 g/mol. The lowest BCUT2D eigenvalue weighted by Crippen LogP contribution is -2.49. The first-order valence-corrected chi connectivity index (χ1v) is 5.50. The fourth-order valence-corrected chi connectivity index (χ4v) is 1.75. The van der Waals surface area contributed by atoms with Gasteiger partial charge in [0.05, 0.1) is 6.54 Å². The second kappa shape index (κ2) is 6.05. The summed E-state index contributed by atoms with van der Waals surface area (Å²) in [5, 5.41) is 7.23. The molecule has 0 amide bonds. The predicted octanol–water partition coefficient (Wildman–Crippen LogP) is -0.898. The molecular weight excluding hydrogens is 190 g/mol. The van der Waals surface area contributed by atoms with Crippen LogP contribution in [0.2, 0.25) is 0 Å². The third-order valence-electron chi connectivity index (χ3n) is 2.72. The van der Waals surface area contributed by atoms with Crippen molar-refractivity contribution >= 4 is 5.84 Å². The van der Waals surface area contributed by atoms with Gasteiger partial charge in [-0.15, -0.1) is 0 Å². The molecule has 0 aromatic carbocycles. The van der Waals surface area contributed by atoms with Crippen LogP contribution < -0.4 is 5.73 Å². The molecule has 0 saturated carbocycles. The van der Waals surface area contributed by atoms with Gasteiger partial charge in [-0.1, -0.05) is 0 Å². The molecule has 0 aliphatic carbocycles. The van der Waals surface area contributed by atoms with Crippen LogP contribution in [0.3, 0.4) is 0 Å². The van der Waals surface area contributed by atoms with Gasteiger partial charge in [0.15, 0.2) is 0 Å². The number of hydrogen-bond acceptors (Lipinski definition) is 4. The number of nitrogens with one attached hydrogen (secondary N) is 1. The summed E-state index contributed by atoms with van der Waals surface area (Å²) in [5.74, 6) is 0.275. The summed E-state index contributed by atoms with van der Waals surface area (Å²) in [4.78, 5) is 6.92. The molecular formula is C10H23N5. The van der Waals surface area contributed by atoms with Crippen molar-refractivity contribution in [2.24, 2.45) is 5.73 Å². The first-order valence-electron chi connectivity index (χ1n) is 5.50. The predicted molar refractivity (Wildman–Crippen MR) is 63.3 cm³/mol. The van der Waals surface area contributed by atoms with Gasteiger partial charge in [0, 0.05) is 39.3 Å². The minimum absolute atomic E-state index is 0.275. The molecule has 0 spiro atoms. The van der Waals surface area contributed by atoms with Crippen LogP contribution in [0.25, 0.3) is 0 Å². The van der Waals surface area contributed by atoms with Crippen molar-refractivity contribution in [2.45, 2.75) is 0 Å². The van der Waals surface area contributed by atoms with Gasteiger partial charge in [-0.3, -0.25) is 15.2 Å². The lowest BCUT2D eigenvalue weighted by Gasteiger charge is -2.34. The van der Waals surface area contributed by atoms with E-state index in [-0.39, 0.29) is 5.84 Å². The van der Waals surface area contributed by atoms with E-state index >= 15 is 0 Å². The van der Waals surface area contributed by atoms with E-state index in [0.29, 0.717) is 6.54 Å². The van der Waals surface area contributed by atoms with E-state index in [2.05, 4.69) is 28.8 Å². The van der Waals surface area contributed by atoms with E-state index in [4.69, 9.17) is 11.1 Å². The van der Waals surface area contributed by atoms with Gasteiger partial charge in [-0.05, 0) is 14.1 Å². The first kappa shape index (κ1) is 12.4. The molecule has 1 saturated heterocycles. The maximum atomic E-state index is 7.23. The topological polar surface area (TPSA) is 59.6 Å². The molecule has 88 valence electrons. The maximum Gasteiger partial charge on any atom is 0.105 e. The highest BCUT2D eigenvalue weighted by molar-refractivity contribution is 5.78. The van der Waals surface area contributed by atoms with Crippen molar-refractivity contribution in [2.75, 3.05) is 59.9 Å². The molecule has 5 heteroatoms. The number of rotatable bonds is 5. The zero-order valence-electron chi connectivity index (χ0n) is 9.87. The third-order valence-corrected chi connectivity index (χ3v) is 2.72. The van der Waals surface area contributed by atoms with Gasteiger partial charge >= 0.3 is 0 Å². The molecule has 3 N–H and O–H groups in total. The van der Waals surface area contributed by atoms with Crippen LogP contribution in [-0.2, 0) is 0 Å². The molecule has 0 bridgehead atoms. The van der Waals surface area contributed by atoms with Crippen molar-refractivity contribution in [3.63, 3.8) is 0 Å². The zero-order chi connectivity index (χ0) is 11.3. The normalized spacial score (nSPS) is 19.7. The Bertz CT molecular complexity index is 196. The van der Waals surface area contributed by atoms with E-state index in [1.807, 2.05) is 0 Å². The Morgan fingerprint density at radius 2 is 1.73 bits per heavy atom. The molecule has 1 heterocycles. The lowest BCUT2D eigenvalue weighted by atomic mass is 10.3. The smallest absolute Gasteiger partial charge is 0.105 e. The number of amidine groups is 1. The van der Waals surface area contributed by atoms with E-state index < -0.39 is 0 Å². The molecule has 15 heavy (non-hydrogen) atoms. The van der Waals surface area contributed by atoms with Crippen LogP contribution in [0.5, 0.6) is 0 Å². The Morgan fingerprint density at radius 3 is 2.20 bits per heavy atom. The van der Waals surface area contributed by atoms with E-state index in [0.717, 1.165) is 39.3 Å². The standard InChI is InChI=1S/C10H23N5/c1-13(2)3-4-14-5-7-15(8-6-14)9-10(11)12/h3-9H2,1-2H3,(H3,11,12). The summed E-state index contributed by atoms with van der Waals surface area (Å²) in [6, 6.07) is 0. The van der Waals surface area contributed by atoms with Crippen LogP contribution in [-0.4, -0.2) is 80.4 Å². The third kappa shape index (κ3) is 5.11. The Morgan fingerprint density at radius 1 is 1.20 bits per heavy atom. The number of nitrogens with zero attached hydrogens (tertiary/aromatic N) is 3. The van der Waals surface area contributed by atoms with Crippen molar-refractivity contribution in [3.8, 4) is 0 Å². The van der Waals surface area contributed by atoms with Crippen LogP contribution in [0.15, 0.2) is 0 Å². The minimum atomic E-state index is 0.275. The summed E-state index contributed by atoms with van der Waals surface area (Å²) in [7, 11) is 4.21. The summed E-state index contributed by atoms with van der Waals surface area (Å²) in [5.41, 5.74) is 5.38. The molecule has 5 nitrogen and oxygen atoms in total. The van der Waals surface area contributed by atoms with Crippen molar-refractivity contribution in [1.29, 1.82) is 5.41 Å². The highest BCUT2D eigenvalue weighted by Crippen LogP contribution is 2.00. The monoisotopic (exact) mass is 213 g/mol. The fourth-order valence-electron chi connectivity index (χ4n) is 1.75. The number of piperazine rings is 1. The molecule has 1 aliphatic rings. The van der Waals surface area contributed by atoms with E-state index in [9.17, 15) is 0 Å². The molecule has 1 fully saturated rings. The first-order chi connectivity index (χ1) is 7.08. The molecule has 0 atom stereocenters. The molecule has 0 radical (unpaired) electrons. The van der Waals surface area contributed by atoms with Crippen molar-refractivity contribution < 1.29 is 0 Å². The Hall–Kier alpha value is -0.650. The SMILES string of the molecule is CN(C)CCN1CCN(CC(=N)N)CC1. The van der Waals surface area contributed by atoms with Crippen LogP contribution in [0.4, 0.5) is 0 Å². The minimum Gasteiger partial charge on any atom is -0.387 e. The van der Waals surface area contributed by atoms with E-state index in [1.165, 1.54) is 0 Å². The molecule has 0 unspecified atom stereocenters. The van der Waals surface area contributed by atoms with Crippen molar-refractivity contribution in [1.82, 2.24) is 14.7 Å². The number of hydrogen-bond donors (Lipinski definition) is 2. The zero-order valence-corrected chi connectivity index (χ0v) is 9.87. The van der Waals surface area contributed by atoms with Gasteiger partial charge in [0.25, 0.3) is 0 Å². The van der Waals surface area contributed by atoms with Gasteiger partial charge in [0.2, 0.25) is 0 Å². The lowest BCUT2D eigenvalue weighted by molar-refractivity contribution is 0.137. The maximum absolute atomic E-state index is 7.23. The number of likely N-dealkylation sites (N-methyl/N-ethyl adjacent to an activating group) is 1. The Balaban J connectivity index is 2.15. The number of nitrogens with two attached hydrogens (primary N) is 1. The summed E-state index contributed by atoms with van der Waals surface area (Å²) in [6.07, 6.45) is 0.